The Hall–Kier alpha value is -0.610. The molecule has 0 aliphatic rings. The number of allylic oxidation sites excluding steroid dienone is 2. The number of ketones is 1. The van der Waals surface area contributed by atoms with Crippen molar-refractivity contribution in [1.82, 2.24) is 0 Å². The van der Waals surface area contributed by atoms with Crippen LogP contribution in [0.4, 0.5) is 0 Å². The Kier molecular flexibility index (Phi) is 35.4. The Bertz CT molecular complexity index is 624. The molecule has 5 nitrogen and oxygen atoms in total. The lowest BCUT2D eigenvalue weighted by atomic mass is 10.0. The number of rotatable bonds is 36. The molecule has 2 N–H and O–H groups in total. The van der Waals surface area contributed by atoms with E-state index in [4.69, 9.17) is 9.63 Å². The third kappa shape index (κ3) is 35.7. The lowest BCUT2D eigenvalue weighted by Gasteiger charge is -2.07. The molecule has 0 aromatic heterocycles. The summed E-state index contributed by atoms with van der Waals surface area (Å²) in [5.41, 5.74) is 0.0959. The lowest BCUT2D eigenvalue weighted by molar-refractivity contribution is -0.119. The minimum Gasteiger partial charge on any atom is -0.394 e. The average Bonchev–Trinajstić information content (AvgIpc) is 3.00. The fourth-order valence-corrected chi connectivity index (χ4v) is 6.11. The minimum atomic E-state index is -0.892. The summed E-state index contributed by atoms with van der Waals surface area (Å²) in [5.74, 6) is 0.488. The zero-order valence-electron chi connectivity index (χ0n) is 28.3. The Balaban J connectivity index is 3.26. The van der Waals surface area contributed by atoms with Crippen molar-refractivity contribution >= 4 is 20.1 Å². The molecule has 0 spiro atoms. The van der Waals surface area contributed by atoms with Gasteiger partial charge in [0.1, 0.15) is 11.9 Å². The van der Waals surface area contributed by atoms with E-state index < -0.39 is 6.10 Å². The molecule has 0 aliphatic carbocycles. The van der Waals surface area contributed by atoms with Gasteiger partial charge in [0.25, 0.3) is 0 Å². The molecule has 0 aromatic carbocycles. The molecule has 254 valence electrons. The molecular weight excluding hydrogens is 555 g/mol. The first-order valence-electron chi connectivity index (χ1n) is 18.5. The van der Waals surface area contributed by atoms with E-state index in [-0.39, 0.29) is 27.5 Å². The number of carbonyl (C=O) groups excluding carboxylic acids is 2. The van der Waals surface area contributed by atoms with Crippen molar-refractivity contribution in [2.45, 2.75) is 199 Å². The molecule has 2 unspecified atom stereocenters. The van der Waals surface area contributed by atoms with Crippen LogP contribution in [0.3, 0.4) is 0 Å². The summed E-state index contributed by atoms with van der Waals surface area (Å²) in [6.07, 6.45) is 38.9. The van der Waals surface area contributed by atoms with Crippen LogP contribution in [0.15, 0.2) is 12.2 Å². The smallest absolute Gasteiger partial charge is 0.178 e. The fourth-order valence-electron chi connectivity index (χ4n) is 5.39. The van der Waals surface area contributed by atoms with Crippen LogP contribution in [0.25, 0.3) is 0 Å². The molecule has 0 aliphatic heterocycles. The molecule has 2 atom stereocenters. The van der Waals surface area contributed by atoms with Crippen molar-refractivity contribution < 1.29 is 24.3 Å². The maximum Gasteiger partial charge on any atom is 0.178 e. The van der Waals surface area contributed by atoms with Gasteiger partial charge < -0.3 is 14.7 Å². The Morgan fingerprint density at radius 1 is 0.581 bits per heavy atom. The van der Waals surface area contributed by atoms with Crippen molar-refractivity contribution in [2.24, 2.45) is 0 Å². The van der Waals surface area contributed by atoms with Crippen molar-refractivity contribution in [3.63, 3.8) is 0 Å². The number of Topliss-reactive ketones (excluding diaryl/α,β-unsaturated/α-hetero) is 1. The van der Waals surface area contributed by atoms with Gasteiger partial charge in [-0.2, -0.15) is 0 Å². The van der Waals surface area contributed by atoms with Crippen LogP contribution >= 0.6 is 8.81 Å². The van der Waals surface area contributed by atoms with Gasteiger partial charge in [-0.15, -0.1) is 0 Å². The number of hydrogen-bond acceptors (Lipinski definition) is 5. The fraction of sp³-hybridized carbons (Fsp3) is 0.892. The van der Waals surface area contributed by atoms with Crippen LogP contribution in [0.5, 0.6) is 0 Å². The maximum atomic E-state index is 12.1. The van der Waals surface area contributed by atoms with Crippen molar-refractivity contribution in [3.8, 4) is 0 Å². The van der Waals surface area contributed by atoms with Gasteiger partial charge in [0.2, 0.25) is 0 Å². The van der Waals surface area contributed by atoms with E-state index in [1.165, 1.54) is 135 Å². The summed E-state index contributed by atoms with van der Waals surface area (Å²) in [5, 5.41) is 17.9. The van der Waals surface area contributed by atoms with Crippen LogP contribution in [-0.4, -0.2) is 40.8 Å². The number of aliphatic hydroxyl groups is 2. The Morgan fingerprint density at radius 2 is 0.953 bits per heavy atom. The van der Waals surface area contributed by atoms with Crippen LogP contribution in [0.1, 0.15) is 193 Å². The Labute approximate surface area is 268 Å². The molecule has 0 fully saturated rings. The molecule has 0 amide bonds. The van der Waals surface area contributed by atoms with E-state index in [1.54, 1.807) is 0 Å². The number of hydrogen-bond donors (Lipinski definition) is 2. The quantitative estimate of drug-likeness (QED) is 0.0411. The maximum absolute atomic E-state index is 12.1. The molecule has 6 heteroatoms. The highest BCUT2D eigenvalue weighted by molar-refractivity contribution is 7.53. The zero-order chi connectivity index (χ0) is 31.5. The van der Waals surface area contributed by atoms with E-state index in [2.05, 4.69) is 19.1 Å². The van der Waals surface area contributed by atoms with Gasteiger partial charge in [-0.1, -0.05) is 141 Å². The third-order valence-electron chi connectivity index (χ3n) is 8.25. The summed E-state index contributed by atoms with van der Waals surface area (Å²) >= 11 is 0. The van der Waals surface area contributed by atoms with Gasteiger partial charge in [0.15, 0.2) is 5.52 Å². The van der Waals surface area contributed by atoms with Gasteiger partial charge in [-0.25, -0.2) is 0 Å². The van der Waals surface area contributed by atoms with Gasteiger partial charge >= 0.3 is 0 Å². The molecule has 0 radical (unpaired) electrons. The first-order valence-corrected chi connectivity index (χ1v) is 19.4. The highest BCUT2D eigenvalue weighted by atomic mass is 31.1. The molecule has 0 saturated carbocycles. The molecule has 0 saturated heterocycles. The van der Waals surface area contributed by atoms with Gasteiger partial charge in [-0.3, -0.25) is 9.59 Å². The van der Waals surface area contributed by atoms with E-state index in [1.807, 2.05) is 0 Å². The van der Waals surface area contributed by atoms with Crippen molar-refractivity contribution in [2.75, 3.05) is 13.2 Å². The standard InChI is InChI=1S/C37H71O5P/c1-2-3-4-5-6-7-8-12-15-18-21-24-27-30-35(39)31-28-25-22-19-16-13-10-9-11-14-17-20-23-26-29-32-37(41)43-42-34-36(40)33-38/h9,11,36,38,40,43H,2-8,10,12-34H2,1H3. The summed E-state index contributed by atoms with van der Waals surface area (Å²) in [4.78, 5) is 23.8. The first-order chi connectivity index (χ1) is 21.1. The topological polar surface area (TPSA) is 83.8 Å². The predicted octanol–water partition coefficient (Wildman–Crippen LogP) is 10.9. The summed E-state index contributed by atoms with van der Waals surface area (Å²) in [6.45, 7) is 1.97. The molecule has 0 bridgehead atoms. The zero-order valence-corrected chi connectivity index (χ0v) is 29.3. The van der Waals surface area contributed by atoms with Crippen LogP contribution in [0, 0.1) is 0 Å². The lowest BCUT2D eigenvalue weighted by Crippen LogP contribution is -2.17. The SMILES string of the molecule is CCCCCCCCCCCCCCCC(=O)CCCCCCCCC=CCCCCCCCC(=O)POCC(O)CO. The first kappa shape index (κ1) is 42.4. The highest BCUT2D eigenvalue weighted by Gasteiger charge is 2.06. The second-order valence-corrected chi connectivity index (χ2v) is 13.7. The number of aliphatic hydroxyl groups excluding tert-OH is 2. The largest absolute Gasteiger partial charge is 0.394 e. The van der Waals surface area contributed by atoms with E-state index >= 15 is 0 Å². The second-order valence-electron chi connectivity index (χ2n) is 12.6. The average molecular weight is 627 g/mol. The van der Waals surface area contributed by atoms with Crippen LogP contribution < -0.4 is 0 Å². The predicted molar refractivity (Wildman–Crippen MR) is 186 cm³/mol. The molecule has 0 aromatic rings. The summed E-state index contributed by atoms with van der Waals surface area (Å²) < 4.78 is 5.12. The highest BCUT2D eigenvalue weighted by Crippen LogP contribution is 2.19. The van der Waals surface area contributed by atoms with E-state index in [0.29, 0.717) is 12.2 Å². The van der Waals surface area contributed by atoms with Gasteiger partial charge in [-0.05, 0) is 44.9 Å². The van der Waals surface area contributed by atoms with Gasteiger partial charge in [0, 0.05) is 19.3 Å². The summed E-state index contributed by atoms with van der Waals surface area (Å²) in [7, 11) is -0.221. The minimum absolute atomic E-state index is 0.0248. The molecule has 0 rings (SSSR count). The Morgan fingerprint density at radius 3 is 1.37 bits per heavy atom. The molecular formula is C37H71O5P. The van der Waals surface area contributed by atoms with E-state index in [0.717, 1.165) is 44.9 Å². The van der Waals surface area contributed by atoms with Crippen LogP contribution in [0.2, 0.25) is 0 Å². The normalized spacial score (nSPS) is 12.6. The van der Waals surface area contributed by atoms with Crippen LogP contribution in [-0.2, 0) is 14.1 Å². The van der Waals surface area contributed by atoms with Crippen molar-refractivity contribution in [1.29, 1.82) is 0 Å². The van der Waals surface area contributed by atoms with Gasteiger partial charge in [0.05, 0.1) is 22.0 Å². The monoisotopic (exact) mass is 627 g/mol. The number of unbranched alkanes of at least 4 members (excludes halogenated alkanes) is 23. The molecule has 43 heavy (non-hydrogen) atoms. The summed E-state index contributed by atoms with van der Waals surface area (Å²) in [6, 6.07) is 0. The van der Waals surface area contributed by atoms with E-state index in [9.17, 15) is 14.7 Å². The number of carbonyl (C=O) groups is 2. The van der Waals surface area contributed by atoms with Crippen molar-refractivity contribution in [3.05, 3.63) is 12.2 Å². The third-order valence-corrected chi connectivity index (χ3v) is 9.04. The molecule has 0 heterocycles. The second kappa shape index (κ2) is 35.9.